The highest BCUT2D eigenvalue weighted by molar-refractivity contribution is 7.18. The summed E-state index contributed by atoms with van der Waals surface area (Å²) in [5, 5.41) is 9.27. The van der Waals surface area contributed by atoms with Gasteiger partial charge in [-0.3, -0.25) is 4.79 Å². The molecular formula is C18H19N3OS. The Hall–Kier alpha value is -2.01. The third kappa shape index (κ3) is 2.59. The molecule has 4 nitrogen and oxygen atoms in total. The van der Waals surface area contributed by atoms with E-state index in [0.29, 0.717) is 12.5 Å². The highest BCUT2D eigenvalue weighted by Gasteiger charge is 2.23. The lowest BCUT2D eigenvalue weighted by Gasteiger charge is -2.17. The van der Waals surface area contributed by atoms with Crippen LogP contribution < -0.4 is 5.56 Å². The minimum atomic E-state index is 0.00243. The van der Waals surface area contributed by atoms with Crippen molar-refractivity contribution in [2.24, 2.45) is 5.92 Å². The average molecular weight is 325 g/mol. The van der Waals surface area contributed by atoms with Crippen LogP contribution in [0.4, 0.5) is 0 Å². The molecular weight excluding hydrogens is 306 g/mol. The number of fused-ring (bicyclic) bond motifs is 3. The normalized spacial score (nSPS) is 17.4. The van der Waals surface area contributed by atoms with E-state index in [-0.39, 0.29) is 5.56 Å². The summed E-state index contributed by atoms with van der Waals surface area (Å²) in [4.78, 5) is 15.0. The second kappa shape index (κ2) is 5.57. The zero-order valence-corrected chi connectivity index (χ0v) is 14.2. The van der Waals surface area contributed by atoms with Gasteiger partial charge in [-0.05, 0) is 43.2 Å². The highest BCUT2D eigenvalue weighted by Crippen LogP contribution is 2.35. The predicted molar refractivity (Wildman–Crippen MR) is 93.1 cm³/mol. The zero-order chi connectivity index (χ0) is 16.0. The van der Waals surface area contributed by atoms with Crippen molar-refractivity contribution < 1.29 is 0 Å². The fourth-order valence-corrected chi connectivity index (χ4v) is 4.58. The molecule has 1 aliphatic carbocycles. The summed E-state index contributed by atoms with van der Waals surface area (Å²) in [6, 6.07) is 8.19. The van der Waals surface area contributed by atoms with Crippen molar-refractivity contribution in [2.45, 2.75) is 39.7 Å². The molecule has 0 aliphatic heterocycles. The molecule has 2 aromatic heterocycles. The minimum Gasteiger partial charge on any atom is -0.267 e. The number of benzene rings is 1. The predicted octanol–water partition coefficient (Wildman–Crippen LogP) is 3.33. The molecule has 3 aromatic rings. The molecule has 5 heteroatoms. The van der Waals surface area contributed by atoms with Crippen LogP contribution in [0.5, 0.6) is 0 Å². The Bertz CT molecular complexity index is 924. The van der Waals surface area contributed by atoms with E-state index in [1.165, 1.54) is 20.7 Å². The summed E-state index contributed by atoms with van der Waals surface area (Å²) < 4.78 is 1.50. The van der Waals surface area contributed by atoms with Gasteiger partial charge in [0.05, 0.1) is 11.9 Å². The Balaban J connectivity index is 1.78. The topological polar surface area (TPSA) is 47.8 Å². The van der Waals surface area contributed by atoms with Crippen molar-refractivity contribution in [1.29, 1.82) is 0 Å². The van der Waals surface area contributed by atoms with Crippen LogP contribution in [-0.2, 0) is 19.4 Å². The van der Waals surface area contributed by atoms with Gasteiger partial charge in [-0.1, -0.05) is 42.0 Å². The number of aryl methyl sites for hydroxylation is 2. The Labute approximate surface area is 138 Å². The molecule has 2 heterocycles. The lowest BCUT2D eigenvalue weighted by atomic mass is 9.89. The third-order valence-electron chi connectivity index (χ3n) is 4.64. The molecule has 0 spiro atoms. The highest BCUT2D eigenvalue weighted by atomic mass is 32.1. The van der Waals surface area contributed by atoms with Crippen LogP contribution in [0.2, 0.25) is 0 Å². The molecule has 1 atom stereocenters. The van der Waals surface area contributed by atoms with Gasteiger partial charge in [0.1, 0.15) is 0 Å². The van der Waals surface area contributed by atoms with Gasteiger partial charge >= 0.3 is 0 Å². The summed E-state index contributed by atoms with van der Waals surface area (Å²) in [5.41, 5.74) is 3.51. The van der Waals surface area contributed by atoms with Gasteiger partial charge in [-0.2, -0.15) is 0 Å². The molecule has 118 valence electrons. The molecule has 1 aromatic carbocycles. The van der Waals surface area contributed by atoms with Crippen LogP contribution in [-0.4, -0.2) is 15.0 Å². The van der Waals surface area contributed by atoms with Gasteiger partial charge in [-0.25, -0.2) is 4.68 Å². The molecule has 1 aliphatic rings. The summed E-state index contributed by atoms with van der Waals surface area (Å²) in [6.45, 7) is 4.80. The second-order valence-corrected chi connectivity index (χ2v) is 7.65. The van der Waals surface area contributed by atoms with E-state index in [4.69, 9.17) is 0 Å². The number of rotatable bonds is 2. The maximum atomic E-state index is 12.9. The molecule has 0 fully saturated rings. The number of thiophene rings is 1. The Morgan fingerprint density at radius 1 is 1.30 bits per heavy atom. The number of aromatic nitrogens is 3. The molecule has 0 amide bonds. The van der Waals surface area contributed by atoms with Gasteiger partial charge in [0, 0.05) is 4.88 Å². The van der Waals surface area contributed by atoms with E-state index in [0.717, 1.165) is 35.0 Å². The van der Waals surface area contributed by atoms with E-state index in [2.05, 4.69) is 36.3 Å². The second-order valence-electron chi connectivity index (χ2n) is 6.57. The van der Waals surface area contributed by atoms with E-state index < -0.39 is 0 Å². The third-order valence-corrected chi connectivity index (χ3v) is 5.78. The van der Waals surface area contributed by atoms with E-state index >= 15 is 0 Å². The Kier molecular flexibility index (Phi) is 3.53. The van der Waals surface area contributed by atoms with E-state index in [9.17, 15) is 4.79 Å². The minimum absolute atomic E-state index is 0.00243. The van der Waals surface area contributed by atoms with Crippen molar-refractivity contribution >= 4 is 21.6 Å². The molecule has 23 heavy (non-hydrogen) atoms. The van der Waals surface area contributed by atoms with E-state index in [1.54, 1.807) is 11.3 Å². The number of hydrogen-bond donors (Lipinski definition) is 0. The smallest absolute Gasteiger partial charge is 0.267 e. The maximum absolute atomic E-state index is 12.9. The van der Waals surface area contributed by atoms with Crippen LogP contribution in [0.15, 0.2) is 29.1 Å². The van der Waals surface area contributed by atoms with Gasteiger partial charge in [0.2, 0.25) is 0 Å². The molecule has 4 rings (SSSR count). The number of nitrogens with zero attached hydrogens (tertiary/aromatic N) is 3. The Morgan fingerprint density at radius 3 is 2.87 bits per heavy atom. The van der Waals surface area contributed by atoms with Crippen molar-refractivity contribution in [3.63, 3.8) is 0 Å². The maximum Gasteiger partial charge on any atom is 0.279 e. The zero-order valence-electron chi connectivity index (χ0n) is 13.4. The van der Waals surface area contributed by atoms with Crippen LogP contribution >= 0.6 is 11.3 Å². The number of hydrogen-bond acceptors (Lipinski definition) is 4. The standard InChI is InChI=1S/C18H19N3OS/c1-11-3-6-13(7-4-11)10-21-18(22)16-14-8-5-12(2)9-15(14)23-17(16)19-20-21/h3-4,6-7,12H,5,8-10H2,1-2H3/t12-/m1/s1. The molecule has 0 saturated heterocycles. The van der Waals surface area contributed by atoms with Crippen LogP contribution in [0.25, 0.3) is 10.2 Å². The first-order chi connectivity index (χ1) is 11.1. The molecule has 0 radical (unpaired) electrons. The Morgan fingerprint density at radius 2 is 2.09 bits per heavy atom. The largest absolute Gasteiger partial charge is 0.279 e. The van der Waals surface area contributed by atoms with Crippen molar-refractivity contribution in [3.05, 3.63) is 56.2 Å². The molecule has 0 bridgehead atoms. The van der Waals surface area contributed by atoms with Gasteiger partial charge < -0.3 is 0 Å². The van der Waals surface area contributed by atoms with Gasteiger partial charge in [0.15, 0.2) is 4.83 Å². The summed E-state index contributed by atoms with van der Waals surface area (Å²) in [5.74, 6) is 0.693. The summed E-state index contributed by atoms with van der Waals surface area (Å²) in [7, 11) is 0. The lowest BCUT2D eigenvalue weighted by Crippen LogP contribution is -2.25. The van der Waals surface area contributed by atoms with Crippen LogP contribution in [0, 0.1) is 12.8 Å². The fraction of sp³-hybridized carbons (Fsp3) is 0.389. The van der Waals surface area contributed by atoms with E-state index in [1.807, 2.05) is 12.1 Å². The first kappa shape index (κ1) is 14.6. The summed E-state index contributed by atoms with van der Waals surface area (Å²) >= 11 is 1.65. The van der Waals surface area contributed by atoms with Crippen LogP contribution in [0.3, 0.4) is 0 Å². The first-order valence-corrected chi connectivity index (χ1v) is 8.87. The molecule has 0 unspecified atom stereocenters. The van der Waals surface area contributed by atoms with Crippen molar-refractivity contribution in [2.75, 3.05) is 0 Å². The average Bonchev–Trinajstić information content (AvgIpc) is 2.90. The summed E-state index contributed by atoms with van der Waals surface area (Å²) in [6.07, 6.45) is 3.20. The fourth-order valence-electron chi connectivity index (χ4n) is 3.26. The van der Waals surface area contributed by atoms with Crippen molar-refractivity contribution in [3.8, 4) is 0 Å². The molecule has 0 saturated carbocycles. The molecule has 0 N–H and O–H groups in total. The lowest BCUT2D eigenvalue weighted by molar-refractivity contribution is 0.508. The monoisotopic (exact) mass is 325 g/mol. The van der Waals surface area contributed by atoms with Crippen molar-refractivity contribution in [1.82, 2.24) is 15.0 Å². The van der Waals surface area contributed by atoms with Crippen LogP contribution in [0.1, 0.15) is 34.9 Å². The van der Waals surface area contributed by atoms with Gasteiger partial charge in [0.25, 0.3) is 5.56 Å². The SMILES string of the molecule is Cc1ccc(Cn2nnc3sc4c(c3c2=O)CC[C@@H](C)C4)cc1. The van der Waals surface area contributed by atoms with Gasteiger partial charge in [-0.15, -0.1) is 16.4 Å². The first-order valence-electron chi connectivity index (χ1n) is 8.05. The quantitative estimate of drug-likeness (QED) is 0.726.